The van der Waals surface area contributed by atoms with Crippen molar-refractivity contribution in [3.8, 4) is 0 Å². The summed E-state index contributed by atoms with van der Waals surface area (Å²) in [6.07, 6.45) is 6.66. The molecule has 0 radical (unpaired) electrons. The predicted molar refractivity (Wildman–Crippen MR) is 76.4 cm³/mol. The Kier molecular flexibility index (Phi) is 5.16. The first kappa shape index (κ1) is 14.6. The largest absolute Gasteiger partial charge is 0.478 e. The number of carboxylic acids is 1. The van der Waals surface area contributed by atoms with Crippen molar-refractivity contribution in [2.75, 3.05) is 0 Å². The second-order valence-electron chi connectivity index (χ2n) is 5.47. The Bertz CT molecular complexity index is 478. The van der Waals surface area contributed by atoms with Crippen molar-refractivity contribution in [3.63, 3.8) is 0 Å². The van der Waals surface area contributed by atoms with E-state index in [2.05, 4.69) is 5.32 Å². The van der Waals surface area contributed by atoms with Crippen LogP contribution < -0.4 is 5.32 Å². The lowest BCUT2D eigenvalue weighted by Gasteiger charge is -2.09. The van der Waals surface area contributed by atoms with Crippen molar-refractivity contribution in [2.24, 2.45) is 5.92 Å². The summed E-state index contributed by atoms with van der Waals surface area (Å²) < 4.78 is 0. The number of hydrogen-bond donors (Lipinski definition) is 2. The van der Waals surface area contributed by atoms with Crippen LogP contribution in [-0.2, 0) is 11.3 Å². The van der Waals surface area contributed by atoms with Crippen LogP contribution in [0.4, 0.5) is 0 Å². The Hall–Kier alpha value is -1.84. The van der Waals surface area contributed by atoms with E-state index in [9.17, 15) is 9.59 Å². The number of carbonyl (C=O) groups is 2. The smallest absolute Gasteiger partial charge is 0.335 e. The molecular formula is C16H21NO3. The summed E-state index contributed by atoms with van der Waals surface area (Å²) in [5, 5.41) is 11.8. The van der Waals surface area contributed by atoms with Gasteiger partial charge in [0.1, 0.15) is 0 Å². The van der Waals surface area contributed by atoms with Gasteiger partial charge in [-0.15, -0.1) is 0 Å². The molecule has 0 spiro atoms. The van der Waals surface area contributed by atoms with Crippen molar-refractivity contribution in [1.29, 1.82) is 0 Å². The van der Waals surface area contributed by atoms with E-state index in [0.717, 1.165) is 17.9 Å². The standard InChI is InChI=1S/C16H21NO3/c18-15(9-8-12-4-1-2-5-12)17-11-13-6-3-7-14(10-13)16(19)20/h3,6-7,10,12H,1-2,4-5,8-9,11H2,(H,17,18)(H,19,20). The second kappa shape index (κ2) is 7.08. The molecule has 1 aromatic carbocycles. The number of amides is 1. The Morgan fingerprint density at radius 1 is 1.25 bits per heavy atom. The highest BCUT2D eigenvalue weighted by molar-refractivity contribution is 5.87. The molecule has 0 saturated heterocycles. The molecule has 0 heterocycles. The van der Waals surface area contributed by atoms with Gasteiger partial charge in [0.25, 0.3) is 0 Å². The Labute approximate surface area is 119 Å². The number of carboxylic acid groups (broad SMARTS) is 1. The maximum atomic E-state index is 11.8. The molecule has 4 nitrogen and oxygen atoms in total. The van der Waals surface area contributed by atoms with Crippen LogP contribution in [0, 0.1) is 5.92 Å². The van der Waals surface area contributed by atoms with Crippen LogP contribution in [0.3, 0.4) is 0 Å². The minimum Gasteiger partial charge on any atom is -0.478 e. The lowest BCUT2D eigenvalue weighted by Crippen LogP contribution is -2.23. The Morgan fingerprint density at radius 3 is 2.70 bits per heavy atom. The van der Waals surface area contributed by atoms with Crippen LogP contribution in [0.25, 0.3) is 0 Å². The molecule has 2 N–H and O–H groups in total. The number of carbonyl (C=O) groups excluding carboxylic acids is 1. The summed E-state index contributed by atoms with van der Waals surface area (Å²) in [6.45, 7) is 0.393. The molecule has 1 amide bonds. The average molecular weight is 275 g/mol. The minimum absolute atomic E-state index is 0.0534. The van der Waals surface area contributed by atoms with Gasteiger partial charge < -0.3 is 10.4 Å². The number of rotatable bonds is 6. The van der Waals surface area contributed by atoms with Crippen molar-refractivity contribution in [3.05, 3.63) is 35.4 Å². The van der Waals surface area contributed by atoms with Gasteiger partial charge in [0, 0.05) is 13.0 Å². The summed E-state index contributed by atoms with van der Waals surface area (Å²) >= 11 is 0. The van der Waals surface area contributed by atoms with Gasteiger partial charge in [-0.05, 0) is 30.0 Å². The van der Waals surface area contributed by atoms with Crippen LogP contribution in [0.15, 0.2) is 24.3 Å². The number of benzene rings is 1. The van der Waals surface area contributed by atoms with Crippen molar-refractivity contribution in [2.45, 2.75) is 45.1 Å². The molecule has 1 fully saturated rings. The van der Waals surface area contributed by atoms with Gasteiger partial charge in [-0.1, -0.05) is 37.8 Å². The van der Waals surface area contributed by atoms with Crippen LogP contribution in [0.5, 0.6) is 0 Å². The Morgan fingerprint density at radius 2 is 2.00 bits per heavy atom. The zero-order valence-electron chi connectivity index (χ0n) is 11.6. The topological polar surface area (TPSA) is 66.4 Å². The van der Waals surface area contributed by atoms with Crippen LogP contribution in [-0.4, -0.2) is 17.0 Å². The van der Waals surface area contributed by atoms with E-state index in [4.69, 9.17) is 5.11 Å². The van der Waals surface area contributed by atoms with Gasteiger partial charge in [0.05, 0.1) is 5.56 Å². The number of hydrogen-bond acceptors (Lipinski definition) is 2. The van der Waals surface area contributed by atoms with E-state index < -0.39 is 5.97 Å². The summed E-state index contributed by atoms with van der Waals surface area (Å²) in [5.41, 5.74) is 1.07. The molecule has 0 bridgehead atoms. The normalized spacial score (nSPS) is 15.2. The second-order valence-corrected chi connectivity index (χ2v) is 5.47. The number of aromatic carboxylic acids is 1. The molecule has 108 valence electrons. The fraction of sp³-hybridized carbons (Fsp3) is 0.500. The molecule has 0 atom stereocenters. The molecule has 20 heavy (non-hydrogen) atoms. The molecule has 1 aliphatic rings. The highest BCUT2D eigenvalue weighted by Gasteiger charge is 2.16. The maximum absolute atomic E-state index is 11.8. The van der Waals surface area contributed by atoms with Gasteiger partial charge >= 0.3 is 5.97 Å². The molecule has 2 rings (SSSR count). The van der Waals surface area contributed by atoms with Crippen LogP contribution in [0.2, 0.25) is 0 Å². The van der Waals surface area contributed by atoms with Crippen molar-refractivity contribution >= 4 is 11.9 Å². The molecule has 0 aromatic heterocycles. The third-order valence-electron chi connectivity index (χ3n) is 3.92. The first-order valence-electron chi connectivity index (χ1n) is 7.24. The Balaban J connectivity index is 1.75. The quantitative estimate of drug-likeness (QED) is 0.838. The first-order valence-corrected chi connectivity index (χ1v) is 7.24. The average Bonchev–Trinajstić information content (AvgIpc) is 2.96. The minimum atomic E-state index is -0.945. The lowest BCUT2D eigenvalue weighted by molar-refractivity contribution is -0.121. The van der Waals surface area contributed by atoms with E-state index in [-0.39, 0.29) is 11.5 Å². The van der Waals surface area contributed by atoms with E-state index in [1.807, 2.05) is 6.07 Å². The molecule has 1 saturated carbocycles. The molecule has 1 aromatic rings. The summed E-state index contributed by atoms with van der Waals surface area (Å²) in [6, 6.07) is 6.67. The van der Waals surface area contributed by atoms with Gasteiger partial charge in [0.2, 0.25) is 5.91 Å². The fourth-order valence-corrected chi connectivity index (χ4v) is 2.74. The molecular weight excluding hydrogens is 254 g/mol. The third kappa shape index (κ3) is 4.37. The summed E-state index contributed by atoms with van der Waals surface area (Å²) in [4.78, 5) is 22.6. The van der Waals surface area contributed by atoms with E-state index in [1.54, 1.807) is 18.2 Å². The predicted octanol–water partition coefficient (Wildman–Crippen LogP) is 2.97. The lowest BCUT2D eigenvalue weighted by atomic mass is 10.0. The molecule has 4 heteroatoms. The van der Waals surface area contributed by atoms with E-state index >= 15 is 0 Å². The molecule has 0 unspecified atom stereocenters. The van der Waals surface area contributed by atoms with Crippen molar-refractivity contribution in [1.82, 2.24) is 5.32 Å². The molecule has 1 aliphatic carbocycles. The molecule has 0 aliphatic heterocycles. The van der Waals surface area contributed by atoms with Gasteiger partial charge in [-0.25, -0.2) is 4.79 Å². The van der Waals surface area contributed by atoms with E-state index in [1.165, 1.54) is 25.7 Å². The monoisotopic (exact) mass is 275 g/mol. The van der Waals surface area contributed by atoms with E-state index in [0.29, 0.717) is 13.0 Å². The van der Waals surface area contributed by atoms with Crippen molar-refractivity contribution < 1.29 is 14.7 Å². The summed E-state index contributed by atoms with van der Waals surface area (Å²) in [5.74, 6) is -0.173. The summed E-state index contributed by atoms with van der Waals surface area (Å²) in [7, 11) is 0. The van der Waals surface area contributed by atoms with Gasteiger partial charge in [0.15, 0.2) is 0 Å². The highest BCUT2D eigenvalue weighted by Crippen LogP contribution is 2.28. The van der Waals surface area contributed by atoms with Crippen LogP contribution in [0.1, 0.15) is 54.4 Å². The zero-order chi connectivity index (χ0) is 14.4. The first-order chi connectivity index (χ1) is 9.65. The van der Waals surface area contributed by atoms with Crippen LogP contribution >= 0.6 is 0 Å². The highest BCUT2D eigenvalue weighted by atomic mass is 16.4. The zero-order valence-corrected chi connectivity index (χ0v) is 11.6. The van der Waals surface area contributed by atoms with Gasteiger partial charge in [-0.2, -0.15) is 0 Å². The fourth-order valence-electron chi connectivity index (χ4n) is 2.74. The SMILES string of the molecule is O=C(CCC1CCCC1)NCc1cccc(C(=O)O)c1. The maximum Gasteiger partial charge on any atom is 0.335 e. The van der Waals surface area contributed by atoms with Gasteiger partial charge in [-0.3, -0.25) is 4.79 Å². The third-order valence-corrected chi connectivity index (χ3v) is 3.92. The number of nitrogens with one attached hydrogen (secondary N) is 1.